The minimum Gasteiger partial charge on any atom is -0.352 e. The fraction of sp³-hybridized carbons (Fsp3) is 0.500. The average Bonchev–Trinajstić information content (AvgIpc) is 3.22. The van der Waals surface area contributed by atoms with Crippen molar-refractivity contribution in [3.05, 3.63) is 34.9 Å². The highest BCUT2D eigenvalue weighted by molar-refractivity contribution is 6.31. The van der Waals surface area contributed by atoms with Crippen LogP contribution in [0, 0.1) is 0 Å². The van der Waals surface area contributed by atoms with E-state index in [1.165, 1.54) is 0 Å². The van der Waals surface area contributed by atoms with Gasteiger partial charge in [0.15, 0.2) is 0 Å². The van der Waals surface area contributed by atoms with Gasteiger partial charge in [-0.3, -0.25) is 14.5 Å². The summed E-state index contributed by atoms with van der Waals surface area (Å²) in [5, 5.41) is 6.43. The molecule has 0 radical (unpaired) electrons. The molecule has 0 bridgehead atoms. The molecular weight excluding hydrogens is 302 g/mol. The molecule has 22 heavy (non-hydrogen) atoms. The number of nitrogens with zero attached hydrogens (tertiary/aromatic N) is 1. The number of hydrogen-bond donors (Lipinski definition) is 2. The molecule has 0 saturated heterocycles. The molecule has 1 aliphatic rings. The molecule has 1 saturated carbocycles. The predicted molar refractivity (Wildman–Crippen MR) is 86.7 cm³/mol. The molecule has 1 atom stereocenters. The molecule has 1 aliphatic carbocycles. The molecule has 6 heteroatoms. The van der Waals surface area contributed by atoms with E-state index in [9.17, 15) is 9.59 Å². The van der Waals surface area contributed by atoms with Crippen LogP contribution in [-0.2, 0) is 9.59 Å². The lowest BCUT2D eigenvalue weighted by Gasteiger charge is -2.19. The van der Waals surface area contributed by atoms with Crippen LogP contribution in [0.5, 0.6) is 0 Å². The summed E-state index contributed by atoms with van der Waals surface area (Å²) in [4.78, 5) is 25.4. The van der Waals surface area contributed by atoms with E-state index in [2.05, 4.69) is 10.6 Å². The molecule has 1 aromatic carbocycles. The number of likely N-dealkylation sites (N-methyl/N-ethyl adjacent to an activating group) is 1. The van der Waals surface area contributed by atoms with E-state index >= 15 is 0 Å². The standard InChI is InChI=1S/C16H22ClN3O2/c1-11(13-5-3-4-6-14(13)17)18-15(21)9-20(2)10-16(22)19-12-7-8-12/h3-6,11-12H,7-10H2,1-2H3,(H,18,21)(H,19,22)/t11-/m1/s1. The van der Waals surface area contributed by atoms with Crippen LogP contribution in [0.3, 0.4) is 0 Å². The molecule has 0 spiro atoms. The molecule has 2 N–H and O–H groups in total. The highest BCUT2D eigenvalue weighted by Gasteiger charge is 2.24. The van der Waals surface area contributed by atoms with Crippen LogP contribution in [0.1, 0.15) is 31.4 Å². The highest BCUT2D eigenvalue weighted by atomic mass is 35.5. The average molecular weight is 324 g/mol. The first kappa shape index (κ1) is 16.8. The van der Waals surface area contributed by atoms with E-state index in [0.29, 0.717) is 11.1 Å². The normalized spacial score (nSPS) is 15.5. The van der Waals surface area contributed by atoms with Gasteiger partial charge in [-0.15, -0.1) is 0 Å². The molecule has 1 aromatic rings. The first-order valence-electron chi connectivity index (χ1n) is 7.47. The number of amides is 2. The van der Waals surface area contributed by atoms with Gasteiger partial charge < -0.3 is 10.6 Å². The Morgan fingerprint density at radius 1 is 1.27 bits per heavy atom. The van der Waals surface area contributed by atoms with Crippen molar-refractivity contribution >= 4 is 23.4 Å². The van der Waals surface area contributed by atoms with E-state index in [1.807, 2.05) is 25.1 Å². The van der Waals surface area contributed by atoms with Gasteiger partial charge in [-0.1, -0.05) is 29.8 Å². The van der Waals surface area contributed by atoms with Gasteiger partial charge >= 0.3 is 0 Å². The minimum absolute atomic E-state index is 0.0306. The largest absolute Gasteiger partial charge is 0.352 e. The number of nitrogens with one attached hydrogen (secondary N) is 2. The van der Waals surface area contributed by atoms with Crippen LogP contribution >= 0.6 is 11.6 Å². The molecule has 2 amide bonds. The maximum absolute atomic E-state index is 12.0. The van der Waals surface area contributed by atoms with Crippen molar-refractivity contribution < 1.29 is 9.59 Å². The Hall–Kier alpha value is -1.59. The number of carbonyl (C=O) groups is 2. The Morgan fingerprint density at radius 2 is 1.91 bits per heavy atom. The summed E-state index contributed by atoms with van der Waals surface area (Å²) < 4.78 is 0. The Kier molecular flexibility index (Phi) is 5.80. The number of carbonyl (C=O) groups excluding carboxylic acids is 2. The lowest BCUT2D eigenvalue weighted by molar-refractivity contribution is -0.125. The van der Waals surface area contributed by atoms with Crippen LogP contribution < -0.4 is 10.6 Å². The summed E-state index contributed by atoms with van der Waals surface area (Å²) >= 11 is 6.12. The fourth-order valence-corrected chi connectivity index (χ4v) is 2.54. The van der Waals surface area contributed by atoms with Crippen molar-refractivity contribution in [1.29, 1.82) is 0 Å². The number of benzene rings is 1. The molecule has 0 aromatic heterocycles. The lowest BCUT2D eigenvalue weighted by atomic mass is 10.1. The van der Waals surface area contributed by atoms with E-state index < -0.39 is 0 Å². The van der Waals surface area contributed by atoms with Gasteiger partial charge in [-0.25, -0.2) is 0 Å². The third kappa shape index (κ3) is 5.31. The fourth-order valence-electron chi connectivity index (χ4n) is 2.24. The second-order valence-corrected chi connectivity index (χ2v) is 6.23. The summed E-state index contributed by atoms with van der Waals surface area (Å²) in [5.41, 5.74) is 0.881. The molecular formula is C16H22ClN3O2. The number of rotatable bonds is 7. The van der Waals surface area contributed by atoms with Gasteiger partial charge in [0.1, 0.15) is 0 Å². The van der Waals surface area contributed by atoms with Crippen LogP contribution in [0.4, 0.5) is 0 Å². The molecule has 0 unspecified atom stereocenters. The molecule has 120 valence electrons. The second-order valence-electron chi connectivity index (χ2n) is 5.82. The molecule has 0 heterocycles. The topological polar surface area (TPSA) is 61.4 Å². The number of hydrogen-bond acceptors (Lipinski definition) is 3. The zero-order valence-corrected chi connectivity index (χ0v) is 13.7. The molecule has 5 nitrogen and oxygen atoms in total. The highest BCUT2D eigenvalue weighted by Crippen LogP contribution is 2.22. The van der Waals surface area contributed by atoms with Crippen molar-refractivity contribution in [1.82, 2.24) is 15.5 Å². The maximum Gasteiger partial charge on any atom is 0.234 e. The van der Waals surface area contributed by atoms with E-state index in [0.717, 1.165) is 18.4 Å². The van der Waals surface area contributed by atoms with Crippen molar-refractivity contribution in [2.75, 3.05) is 20.1 Å². The van der Waals surface area contributed by atoms with Gasteiger partial charge in [0.2, 0.25) is 11.8 Å². The molecule has 2 rings (SSSR count). The summed E-state index contributed by atoms with van der Waals surface area (Å²) in [6, 6.07) is 7.60. The molecule has 0 aliphatic heterocycles. The third-order valence-corrected chi connectivity index (χ3v) is 3.86. The zero-order valence-electron chi connectivity index (χ0n) is 12.9. The molecule has 1 fully saturated rings. The maximum atomic E-state index is 12.0. The smallest absolute Gasteiger partial charge is 0.234 e. The monoisotopic (exact) mass is 323 g/mol. The Morgan fingerprint density at radius 3 is 2.55 bits per heavy atom. The first-order valence-corrected chi connectivity index (χ1v) is 7.85. The third-order valence-electron chi connectivity index (χ3n) is 3.52. The van der Waals surface area contributed by atoms with Gasteiger partial charge in [0, 0.05) is 11.1 Å². The van der Waals surface area contributed by atoms with Gasteiger partial charge in [0.25, 0.3) is 0 Å². The lowest BCUT2D eigenvalue weighted by Crippen LogP contribution is -2.41. The van der Waals surface area contributed by atoms with Crippen molar-refractivity contribution in [3.8, 4) is 0 Å². The van der Waals surface area contributed by atoms with Gasteiger partial charge in [-0.05, 0) is 38.4 Å². The van der Waals surface area contributed by atoms with Crippen molar-refractivity contribution in [2.24, 2.45) is 0 Å². The summed E-state index contributed by atoms with van der Waals surface area (Å²) in [6.45, 7) is 2.29. The van der Waals surface area contributed by atoms with E-state index in [4.69, 9.17) is 11.6 Å². The van der Waals surface area contributed by atoms with Crippen LogP contribution in [0.15, 0.2) is 24.3 Å². The summed E-state index contributed by atoms with van der Waals surface area (Å²) in [7, 11) is 1.76. The first-order chi connectivity index (χ1) is 10.5. The minimum atomic E-state index is -0.171. The second kappa shape index (κ2) is 7.61. The van der Waals surface area contributed by atoms with Crippen LogP contribution in [-0.4, -0.2) is 42.9 Å². The Labute approximate surface area is 136 Å². The zero-order chi connectivity index (χ0) is 16.1. The predicted octanol–water partition coefficient (Wildman–Crippen LogP) is 1.73. The number of halogens is 1. The Bertz CT molecular complexity index is 546. The van der Waals surface area contributed by atoms with Gasteiger partial charge in [0.05, 0.1) is 19.1 Å². The van der Waals surface area contributed by atoms with E-state index in [-0.39, 0.29) is 30.9 Å². The van der Waals surface area contributed by atoms with Gasteiger partial charge in [-0.2, -0.15) is 0 Å². The van der Waals surface area contributed by atoms with E-state index in [1.54, 1.807) is 18.0 Å². The van der Waals surface area contributed by atoms with Crippen molar-refractivity contribution in [3.63, 3.8) is 0 Å². The Balaban J connectivity index is 1.76. The van der Waals surface area contributed by atoms with Crippen LogP contribution in [0.25, 0.3) is 0 Å². The summed E-state index contributed by atoms with van der Waals surface area (Å²) in [6.07, 6.45) is 2.12. The SMILES string of the molecule is C[C@@H](NC(=O)CN(C)CC(=O)NC1CC1)c1ccccc1Cl. The van der Waals surface area contributed by atoms with Crippen LogP contribution in [0.2, 0.25) is 5.02 Å². The quantitative estimate of drug-likeness (QED) is 0.803. The summed E-state index contributed by atoms with van der Waals surface area (Å²) in [5.74, 6) is -0.161. The van der Waals surface area contributed by atoms with Crippen molar-refractivity contribution in [2.45, 2.75) is 31.8 Å².